The van der Waals surface area contributed by atoms with E-state index < -0.39 is 11.9 Å². The lowest BCUT2D eigenvalue weighted by Gasteiger charge is -2.16. The summed E-state index contributed by atoms with van der Waals surface area (Å²) in [5.74, 6) is -1.46. The number of aliphatic carboxylic acids is 1. The minimum absolute atomic E-state index is 0.0560. The second-order valence-electron chi connectivity index (χ2n) is 4.00. The molecule has 2 rings (SSSR count). The molecular weight excluding hydrogens is 208 g/mol. The highest BCUT2D eigenvalue weighted by atomic mass is 16.4. The number of carbonyl (C=O) groups is 2. The van der Waals surface area contributed by atoms with Crippen molar-refractivity contribution in [2.24, 2.45) is 5.92 Å². The van der Waals surface area contributed by atoms with E-state index in [-0.39, 0.29) is 12.3 Å². The maximum absolute atomic E-state index is 11.5. The van der Waals surface area contributed by atoms with Crippen LogP contribution in [0.1, 0.15) is 6.42 Å². The highest BCUT2D eigenvalue weighted by molar-refractivity contribution is 5.86. The van der Waals surface area contributed by atoms with E-state index in [2.05, 4.69) is 0 Å². The zero-order valence-electron chi connectivity index (χ0n) is 8.87. The van der Waals surface area contributed by atoms with E-state index in [1.807, 2.05) is 29.1 Å². The third kappa shape index (κ3) is 2.24. The summed E-state index contributed by atoms with van der Waals surface area (Å²) in [6.45, 7) is 1.64. The highest BCUT2D eigenvalue weighted by Gasteiger charge is 2.33. The molecule has 1 saturated heterocycles. The number of hydrogen-bond acceptors (Lipinski definition) is 2. The molecule has 86 valence electrons. The van der Waals surface area contributed by atoms with Crippen LogP contribution in [0.2, 0.25) is 0 Å². The van der Waals surface area contributed by atoms with E-state index in [1.165, 1.54) is 0 Å². The van der Waals surface area contributed by atoms with Gasteiger partial charge in [0.1, 0.15) is 0 Å². The van der Waals surface area contributed by atoms with Crippen molar-refractivity contribution in [3.8, 4) is 0 Å². The Hall–Kier alpha value is -1.78. The van der Waals surface area contributed by atoms with Crippen LogP contribution in [0.5, 0.6) is 0 Å². The molecule has 1 N–H and O–H groups in total. The number of carboxylic acids is 1. The van der Waals surface area contributed by atoms with E-state index >= 15 is 0 Å². The Labute approximate surface area is 93.3 Å². The van der Waals surface area contributed by atoms with Crippen molar-refractivity contribution in [1.29, 1.82) is 0 Å². The zero-order valence-corrected chi connectivity index (χ0v) is 8.87. The standard InChI is InChI=1S/C11H14N2O3/c14-10-7-9(11(15)16)8-13(10)6-5-12-3-1-2-4-12/h1-4,9H,5-8H2,(H,15,16). The maximum atomic E-state index is 11.5. The second-order valence-corrected chi connectivity index (χ2v) is 4.00. The zero-order chi connectivity index (χ0) is 11.5. The number of carbonyl (C=O) groups excluding carboxylic acids is 1. The Balaban J connectivity index is 1.87. The number of rotatable bonds is 4. The SMILES string of the molecule is O=C(O)C1CC(=O)N(CCn2cccc2)C1. The fraction of sp³-hybridized carbons (Fsp3) is 0.455. The Morgan fingerprint density at radius 3 is 2.62 bits per heavy atom. The average molecular weight is 222 g/mol. The lowest BCUT2D eigenvalue weighted by Crippen LogP contribution is -2.29. The molecule has 16 heavy (non-hydrogen) atoms. The fourth-order valence-corrected chi connectivity index (χ4v) is 1.91. The molecule has 5 nitrogen and oxygen atoms in total. The number of likely N-dealkylation sites (tertiary alicyclic amines) is 1. The Morgan fingerprint density at radius 1 is 1.38 bits per heavy atom. The van der Waals surface area contributed by atoms with Gasteiger partial charge in [0.2, 0.25) is 5.91 Å². The summed E-state index contributed by atoms with van der Waals surface area (Å²) < 4.78 is 1.97. The predicted molar refractivity (Wildman–Crippen MR) is 56.8 cm³/mol. The van der Waals surface area contributed by atoms with Crippen LogP contribution in [0.15, 0.2) is 24.5 Å². The molecule has 0 radical (unpaired) electrons. The molecule has 1 amide bonds. The number of carboxylic acid groups (broad SMARTS) is 1. The molecule has 0 aromatic carbocycles. The van der Waals surface area contributed by atoms with E-state index in [0.717, 1.165) is 0 Å². The van der Waals surface area contributed by atoms with Gasteiger partial charge in [-0.2, -0.15) is 0 Å². The molecular formula is C11H14N2O3. The monoisotopic (exact) mass is 222 g/mol. The second kappa shape index (κ2) is 4.38. The first kappa shape index (κ1) is 10.7. The van der Waals surface area contributed by atoms with Crippen LogP contribution in [0, 0.1) is 5.92 Å². The van der Waals surface area contributed by atoms with Crippen molar-refractivity contribution >= 4 is 11.9 Å². The average Bonchev–Trinajstić information content (AvgIpc) is 2.84. The van der Waals surface area contributed by atoms with Crippen LogP contribution in [0.4, 0.5) is 0 Å². The largest absolute Gasteiger partial charge is 0.481 e. The molecule has 1 aromatic rings. The summed E-state index contributed by atoms with van der Waals surface area (Å²) in [6.07, 6.45) is 3.99. The minimum Gasteiger partial charge on any atom is -0.481 e. The van der Waals surface area contributed by atoms with E-state index in [4.69, 9.17) is 5.11 Å². The van der Waals surface area contributed by atoms with Crippen LogP contribution < -0.4 is 0 Å². The first-order chi connectivity index (χ1) is 7.66. The topological polar surface area (TPSA) is 62.5 Å². The summed E-state index contributed by atoms with van der Waals surface area (Å²) >= 11 is 0. The summed E-state index contributed by atoms with van der Waals surface area (Å²) in [4.78, 5) is 23.9. The van der Waals surface area contributed by atoms with Gasteiger partial charge in [0.05, 0.1) is 5.92 Å². The van der Waals surface area contributed by atoms with Gasteiger partial charge in [-0.05, 0) is 12.1 Å². The molecule has 0 aliphatic carbocycles. The van der Waals surface area contributed by atoms with Crippen molar-refractivity contribution in [3.63, 3.8) is 0 Å². The molecule has 0 spiro atoms. The fourth-order valence-electron chi connectivity index (χ4n) is 1.91. The Kier molecular flexibility index (Phi) is 2.94. The molecule has 1 aliphatic heterocycles. The van der Waals surface area contributed by atoms with Crippen molar-refractivity contribution in [1.82, 2.24) is 9.47 Å². The lowest BCUT2D eigenvalue weighted by molar-refractivity contribution is -0.141. The number of hydrogen-bond donors (Lipinski definition) is 1. The number of nitrogens with zero attached hydrogens (tertiary/aromatic N) is 2. The predicted octanol–water partition coefficient (Wildman–Crippen LogP) is 0.421. The van der Waals surface area contributed by atoms with Crippen LogP contribution in [-0.2, 0) is 16.1 Å². The smallest absolute Gasteiger partial charge is 0.308 e. The van der Waals surface area contributed by atoms with E-state index in [9.17, 15) is 9.59 Å². The van der Waals surface area contributed by atoms with Gasteiger partial charge in [0.25, 0.3) is 0 Å². The van der Waals surface area contributed by atoms with Gasteiger partial charge in [-0.3, -0.25) is 9.59 Å². The van der Waals surface area contributed by atoms with Gasteiger partial charge in [0.15, 0.2) is 0 Å². The maximum Gasteiger partial charge on any atom is 0.308 e. The minimum atomic E-state index is -0.878. The van der Waals surface area contributed by atoms with E-state index in [0.29, 0.717) is 19.6 Å². The van der Waals surface area contributed by atoms with Crippen LogP contribution >= 0.6 is 0 Å². The van der Waals surface area contributed by atoms with Crippen molar-refractivity contribution in [2.75, 3.05) is 13.1 Å². The quantitative estimate of drug-likeness (QED) is 0.803. The molecule has 1 aromatic heterocycles. The number of aromatic nitrogens is 1. The van der Waals surface area contributed by atoms with Crippen molar-refractivity contribution in [2.45, 2.75) is 13.0 Å². The molecule has 1 aliphatic rings. The van der Waals surface area contributed by atoms with Crippen molar-refractivity contribution < 1.29 is 14.7 Å². The summed E-state index contributed by atoms with van der Waals surface area (Å²) in [5, 5.41) is 8.82. The van der Waals surface area contributed by atoms with Crippen molar-refractivity contribution in [3.05, 3.63) is 24.5 Å². The third-order valence-corrected chi connectivity index (χ3v) is 2.86. The molecule has 0 saturated carbocycles. The van der Waals surface area contributed by atoms with Gasteiger partial charge >= 0.3 is 5.97 Å². The summed E-state index contributed by atoms with van der Waals surface area (Å²) in [6, 6.07) is 3.84. The van der Waals surface area contributed by atoms with Gasteiger partial charge in [0, 0.05) is 38.4 Å². The first-order valence-electron chi connectivity index (χ1n) is 5.28. The Bertz CT molecular complexity index is 386. The number of amides is 1. The highest BCUT2D eigenvalue weighted by Crippen LogP contribution is 2.17. The molecule has 1 unspecified atom stereocenters. The summed E-state index contributed by atoms with van der Waals surface area (Å²) in [7, 11) is 0. The van der Waals surface area contributed by atoms with Gasteiger partial charge in [-0.25, -0.2) is 0 Å². The van der Waals surface area contributed by atoms with Gasteiger partial charge < -0.3 is 14.6 Å². The van der Waals surface area contributed by atoms with E-state index in [1.54, 1.807) is 4.90 Å². The van der Waals surface area contributed by atoms with Crippen LogP contribution in [0.3, 0.4) is 0 Å². The third-order valence-electron chi connectivity index (χ3n) is 2.86. The summed E-state index contributed by atoms with van der Waals surface area (Å²) in [5.41, 5.74) is 0. The van der Waals surface area contributed by atoms with Gasteiger partial charge in [-0.1, -0.05) is 0 Å². The molecule has 1 atom stereocenters. The van der Waals surface area contributed by atoms with Gasteiger partial charge in [-0.15, -0.1) is 0 Å². The molecule has 2 heterocycles. The molecule has 0 bridgehead atoms. The first-order valence-corrected chi connectivity index (χ1v) is 5.28. The van der Waals surface area contributed by atoms with Crippen LogP contribution in [0.25, 0.3) is 0 Å². The Morgan fingerprint density at radius 2 is 2.06 bits per heavy atom. The molecule has 1 fully saturated rings. The molecule has 5 heteroatoms. The normalized spacial score (nSPS) is 20.4. The van der Waals surface area contributed by atoms with Crippen LogP contribution in [-0.4, -0.2) is 39.5 Å². The lowest BCUT2D eigenvalue weighted by atomic mass is 10.1.